The van der Waals surface area contributed by atoms with Crippen LogP contribution in [0.4, 0.5) is 0 Å². The van der Waals surface area contributed by atoms with E-state index in [0.717, 1.165) is 4.90 Å². The van der Waals surface area contributed by atoms with Gasteiger partial charge >= 0.3 is 0 Å². The van der Waals surface area contributed by atoms with Crippen LogP contribution in [0.25, 0.3) is 16.7 Å². The first-order valence-corrected chi connectivity index (χ1v) is 11.1. The average molecular weight is 448 g/mol. The highest BCUT2D eigenvalue weighted by Crippen LogP contribution is 2.38. The van der Waals surface area contributed by atoms with Crippen LogP contribution in [0.3, 0.4) is 0 Å². The minimum Gasteiger partial charge on any atom is -0.505 e. The fourth-order valence-electron chi connectivity index (χ4n) is 2.99. The number of ether oxygens (including phenoxy) is 1. The maximum Gasteiger partial charge on any atom is 0.147 e. The summed E-state index contributed by atoms with van der Waals surface area (Å²) in [7, 11) is 0. The van der Waals surface area contributed by atoms with Crippen molar-refractivity contribution in [1.29, 1.82) is 0 Å². The van der Waals surface area contributed by atoms with E-state index in [1.165, 1.54) is 16.6 Å². The third-order valence-corrected chi connectivity index (χ3v) is 5.80. The third kappa shape index (κ3) is 5.68. The molecule has 3 rings (SSSR count). The van der Waals surface area contributed by atoms with Crippen LogP contribution in [0, 0.1) is 0 Å². The van der Waals surface area contributed by atoms with E-state index in [2.05, 4.69) is 10.2 Å². The molecule has 0 aliphatic carbocycles. The maximum absolute atomic E-state index is 11.0. The second-order valence-electron chi connectivity index (χ2n) is 8.30. The van der Waals surface area contributed by atoms with Gasteiger partial charge in [0.25, 0.3) is 0 Å². The number of hydrogen-bond acceptors (Lipinski definition) is 8. The Labute approximate surface area is 185 Å². The van der Waals surface area contributed by atoms with Crippen molar-refractivity contribution in [3.05, 3.63) is 35.9 Å². The Morgan fingerprint density at radius 3 is 2.52 bits per heavy atom. The Morgan fingerprint density at radius 2 is 1.84 bits per heavy atom. The van der Waals surface area contributed by atoms with Gasteiger partial charge in [-0.1, -0.05) is 20.8 Å². The van der Waals surface area contributed by atoms with E-state index >= 15 is 0 Å². The number of benzene rings is 2. The van der Waals surface area contributed by atoms with Gasteiger partial charge in [-0.2, -0.15) is 0 Å². The highest BCUT2D eigenvalue weighted by Gasteiger charge is 2.24. The molecule has 3 aromatic rings. The summed E-state index contributed by atoms with van der Waals surface area (Å²) in [4.78, 5) is 2.29. The first-order chi connectivity index (χ1) is 14.7. The lowest BCUT2D eigenvalue weighted by atomic mass is 9.86. The smallest absolute Gasteiger partial charge is 0.147 e. The number of thioether (sulfide) groups is 1. The lowest BCUT2D eigenvalue weighted by Gasteiger charge is -2.23. The lowest BCUT2D eigenvalue weighted by Crippen LogP contribution is -2.14. The van der Waals surface area contributed by atoms with E-state index in [1.807, 2.05) is 39.0 Å². The van der Waals surface area contributed by atoms with E-state index in [1.54, 1.807) is 12.1 Å². The number of rotatable bonds is 9. The number of aliphatic hydroxyl groups excluding tert-OH is 3. The molecule has 2 aromatic carbocycles. The Bertz CT molecular complexity index is 1030. The van der Waals surface area contributed by atoms with Gasteiger partial charge in [-0.15, -0.1) is 26.8 Å². The number of hydrogen-bond donors (Lipinski definition) is 4. The third-order valence-electron chi connectivity index (χ3n) is 4.66. The zero-order valence-electron chi connectivity index (χ0n) is 17.9. The Balaban J connectivity index is 1.98. The van der Waals surface area contributed by atoms with Crippen LogP contribution in [0.1, 0.15) is 32.8 Å². The van der Waals surface area contributed by atoms with Crippen molar-refractivity contribution in [2.24, 2.45) is 0 Å². The van der Waals surface area contributed by atoms with Crippen LogP contribution >= 0.6 is 11.8 Å². The molecule has 0 amide bonds. The summed E-state index contributed by atoms with van der Waals surface area (Å²) in [6.45, 7) is 6.12. The first kappa shape index (κ1) is 23.3. The minimum absolute atomic E-state index is 0.0405. The van der Waals surface area contributed by atoms with E-state index < -0.39 is 6.10 Å². The highest BCUT2D eigenvalue weighted by atomic mass is 32.2. The normalized spacial score (nSPS) is 13.0. The number of phenolic OH excluding ortho intramolecular Hbond substituents is 1. The molecule has 1 atom stereocenters. The predicted molar refractivity (Wildman–Crippen MR) is 120 cm³/mol. The molecule has 1 heterocycles. The predicted octanol–water partition coefficient (Wildman–Crippen LogP) is 2.63. The number of nitrogens with zero attached hydrogens (tertiary/aromatic N) is 3. The molecule has 8 nitrogen and oxygen atoms in total. The average Bonchev–Trinajstić information content (AvgIpc) is 3.15. The summed E-state index contributed by atoms with van der Waals surface area (Å²) >= 11 is 1.42. The van der Waals surface area contributed by atoms with Gasteiger partial charge in [0.1, 0.15) is 28.2 Å². The molecule has 0 aliphatic heterocycles. The lowest BCUT2D eigenvalue weighted by molar-refractivity contribution is 0.113. The van der Waals surface area contributed by atoms with E-state index in [4.69, 9.17) is 14.9 Å². The minimum atomic E-state index is -0.780. The molecule has 31 heavy (non-hydrogen) atoms. The van der Waals surface area contributed by atoms with Gasteiger partial charge < -0.3 is 25.2 Å². The number of phenols is 1. The number of aromatic nitrogens is 3. The first-order valence-electron chi connectivity index (χ1n) is 10.1. The summed E-state index contributed by atoms with van der Waals surface area (Å²) in [5, 5.41) is 47.6. The van der Waals surface area contributed by atoms with Crippen molar-refractivity contribution in [3.63, 3.8) is 0 Å². The standard InChI is InChI=1S/C22H29N3O5S/c1-22(2,3)17-9-15(30-8-4-7-26)10-20(21(17)29)25-23-18-6-5-16(11-19(18)24-25)31-13-14(28)12-27/h5-6,9-11,14,26-29H,4,7-8,12-13H2,1-3H3. The molecule has 0 fully saturated rings. The SMILES string of the molecule is CC(C)(C)c1cc(OCCCO)cc(-n2nc3ccc(SCC(O)CO)cc3n2)c1O. The second-order valence-corrected chi connectivity index (χ2v) is 9.39. The molecule has 1 unspecified atom stereocenters. The van der Waals surface area contributed by atoms with Crippen LogP contribution in [-0.4, -0.2) is 67.1 Å². The monoisotopic (exact) mass is 447 g/mol. The molecule has 1 aromatic heterocycles. The second kappa shape index (κ2) is 9.86. The summed E-state index contributed by atoms with van der Waals surface area (Å²) < 4.78 is 5.77. The zero-order valence-corrected chi connectivity index (χ0v) is 18.8. The number of fused-ring (bicyclic) bond motifs is 1. The van der Waals surface area contributed by atoms with Crippen molar-refractivity contribution in [2.75, 3.05) is 25.6 Å². The fraction of sp³-hybridized carbons (Fsp3) is 0.455. The fourth-order valence-corrected chi connectivity index (χ4v) is 3.84. The van der Waals surface area contributed by atoms with Gasteiger partial charge in [0.2, 0.25) is 0 Å². The molecule has 0 saturated carbocycles. The van der Waals surface area contributed by atoms with Gasteiger partial charge in [-0.25, -0.2) is 0 Å². The van der Waals surface area contributed by atoms with Gasteiger partial charge in [-0.3, -0.25) is 0 Å². The largest absolute Gasteiger partial charge is 0.505 e. The molecule has 168 valence electrons. The van der Waals surface area contributed by atoms with E-state index in [9.17, 15) is 10.2 Å². The molecule has 0 bridgehead atoms. The quantitative estimate of drug-likeness (QED) is 0.292. The van der Waals surface area contributed by atoms with Gasteiger partial charge in [-0.05, 0) is 29.7 Å². The van der Waals surface area contributed by atoms with Crippen molar-refractivity contribution in [2.45, 2.75) is 43.6 Å². The van der Waals surface area contributed by atoms with Crippen LogP contribution in [0.2, 0.25) is 0 Å². The molecule has 4 N–H and O–H groups in total. The molecule has 9 heteroatoms. The molecular weight excluding hydrogens is 418 g/mol. The van der Waals surface area contributed by atoms with Crippen molar-refractivity contribution < 1.29 is 25.2 Å². The van der Waals surface area contributed by atoms with Crippen molar-refractivity contribution in [1.82, 2.24) is 15.0 Å². The highest BCUT2D eigenvalue weighted by molar-refractivity contribution is 7.99. The number of aliphatic hydroxyl groups is 3. The molecule has 0 radical (unpaired) electrons. The number of aromatic hydroxyl groups is 1. The zero-order chi connectivity index (χ0) is 22.6. The van der Waals surface area contributed by atoms with Crippen LogP contribution in [0.5, 0.6) is 11.5 Å². The van der Waals surface area contributed by atoms with Crippen LogP contribution in [0.15, 0.2) is 35.2 Å². The molecular formula is C22H29N3O5S. The van der Waals surface area contributed by atoms with Gasteiger partial charge in [0, 0.05) is 35.3 Å². The maximum atomic E-state index is 11.0. The Hall–Kier alpha value is -2.33. The topological polar surface area (TPSA) is 121 Å². The summed E-state index contributed by atoms with van der Waals surface area (Å²) in [5.74, 6) is 1.03. The van der Waals surface area contributed by atoms with Gasteiger partial charge in [0.15, 0.2) is 0 Å². The van der Waals surface area contributed by atoms with Gasteiger partial charge in [0.05, 0.1) is 19.3 Å². The molecule has 0 aliphatic rings. The molecule has 0 spiro atoms. The molecule has 0 saturated heterocycles. The van der Waals surface area contributed by atoms with Crippen molar-refractivity contribution in [3.8, 4) is 17.2 Å². The van der Waals surface area contributed by atoms with E-state index in [0.29, 0.717) is 46.8 Å². The van der Waals surface area contributed by atoms with E-state index in [-0.39, 0.29) is 24.4 Å². The summed E-state index contributed by atoms with van der Waals surface area (Å²) in [5.41, 5.74) is 2.09. The Morgan fingerprint density at radius 1 is 1.10 bits per heavy atom. The summed E-state index contributed by atoms with van der Waals surface area (Å²) in [6, 6.07) is 9.06. The Kier molecular flexibility index (Phi) is 7.42. The van der Waals surface area contributed by atoms with Crippen molar-refractivity contribution >= 4 is 22.8 Å². The van der Waals surface area contributed by atoms with Crippen LogP contribution < -0.4 is 4.74 Å². The summed E-state index contributed by atoms with van der Waals surface area (Å²) in [6.07, 6.45) is -0.270. The van der Waals surface area contributed by atoms with Crippen LogP contribution in [-0.2, 0) is 5.41 Å².